The van der Waals surface area contributed by atoms with Gasteiger partial charge in [-0.3, -0.25) is 0 Å². The zero-order chi connectivity index (χ0) is 9.40. The van der Waals surface area contributed by atoms with Gasteiger partial charge in [-0.2, -0.15) is 0 Å². The summed E-state index contributed by atoms with van der Waals surface area (Å²) in [5, 5.41) is 0. The van der Waals surface area contributed by atoms with Crippen molar-refractivity contribution in [1.29, 1.82) is 0 Å². The predicted molar refractivity (Wildman–Crippen MR) is 49.9 cm³/mol. The third-order valence-corrected chi connectivity index (χ3v) is 1.74. The van der Waals surface area contributed by atoms with Crippen LogP contribution in [0.25, 0.3) is 0 Å². The first-order valence-electron chi connectivity index (χ1n) is 3.90. The van der Waals surface area contributed by atoms with Crippen LogP contribution in [0.4, 0.5) is 0 Å². The van der Waals surface area contributed by atoms with Gasteiger partial charge in [0.15, 0.2) is 0 Å². The van der Waals surface area contributed by atoms with Crippen LogP contribution in [-0.4, -0.2) is 26.4 Å². The van der Waals surface area contributed by atoms with Crippen LogP contribution in [0, 0.1) is 12.3 Å². The number of hydrogen-bond acceptors (Lipinski definition) is 2. The van der Waals surface area contributed by atoms with Crippen molar-refractivity contribution in [3.8, 4) is 12.3 Å². The highest BCUT2D eigenvalue weighted by Crippen LogP contribution is 2.08. The molecule has 0 radical (unpaired) electrons. The van der Waals surface area contributed by atoms with Gasteiger partial charge in [0.2, 0.25) is 0 Å². The molecule has 0 aromatic heterocycles. The second kappa shape index (κ2) is 6.90. The van der Waals surface area contributed by atoms with Crippen LogP contribution >= 0.6 is 0 Å². The van der Waals surface area contributed by atoms with Gasteiger partial charge in [0.05, 0.1) is 12.2 Å². The van der Waals surface area contributed by atoms with Crippen LogP contribution in [0.2, 0.25) is 0 Å². The summed E-state index contributed by atoms with van der Waals surface area (Å²) in [4.78, 5) is 0. The van der Waals surface area contributed by atoms with Crippen molar-refractivity contribution < 1.29 is 9.47 Å². The fourth-order valence-corrected chi connectivity index (χ4v) is 0.942. The first kappa shape index (κ1) is 11.2. The fraction of sp³-hybridized carbons (Fsp3) is 0.600. The molecule has 0 saturated heterocycles. The number of rotatable bonds is 6. The smallest absolute Gasteiger partial charge is 0.0774 e. The molecule has 0 N–H and O–H groups in total. The van der Waals surface area contributed by atoms with E-state index in [2.05, 4.69) is 12.5 Å². The Morgan fingerprint density at radius 1 is 1.50 bits per heavy atom. The molecule has 0 aliphatic heterocycles. The first-order valence-corrected chi connectivity index (χ1v) is 3.90. The van der Waals surface area contributed by atoms with E-state index < -0.39 is 0 Å². The lowest BCUT2D eigenvalue weighted by molar-refractivity contribution is 0.0449. The molecule has 12 heavy (non-hydrogen) atoms. The van der Waals surface area contributed by atoms with Gasteiger partial charge in [-0.15, -0.1) is 18.9 Å². The van der Waals surface area contributed by atoms with Crippen LogP contribution in [0.3, 0.4) is 0 Å². The Kier molecular flexibility index (Phi) is 6.45. The molecule has 0 spiro atoms. The standard InChI is InChI=1S/C10H16O2/c1-5-7-10(12-4)8-9(6-2)11-3/h1,6,9-10H,2,7-8H2,3-4H3. The highest BCUT2D eigenvalue weighted by atomic mass is 16.5. The van der Waals surface area contributed by atoms with Gasteiger partial charge in [0, 0.05) is 27.1 Å². The van der Waals surface area contributed by atoms with Gasteiger partial charge in [-0.05, 0) is 0 Å². The van der Waals surface area contributed by atoms with E-state index in [1.54, 1.807) is 20.3 Å². The molecule has 0 bridgehead atoms. The van der Waals surface area contributed by atoms with E-state index in [0.717, 1.165) is 6.42 Å². The first-order chi connectivity index (χ1) is 5.78. The average molecular weight is 168 g/mol. The van der Waals surface area contributed by atoms with E-state index in [-0.39, 0.29) is 12.2 Å². The molecule has 2 nitrogen and oxygen atoms in total. The SMILES string of the molecule is C#CCC(CC(C=C)OC)OC. The minimum absolute atomic E-state index is 0.0308. The summed E-state index contributed by atoms with van der Waals surface area (Å²) < 4.78 is 10.3. The van der Waals surface area contributed by atoms with Crippen molar-refractivity contribution in [2.24, 2.45) is 0 Å². The summed E-state index contributed by atoms with van der Waals surface area (Å²) in [6.45, 7) is 3.65. The molecule has 0 rings (SSSR count). The second-order valence-electron chi connectivity index (χ2n) is 2.51. The van der Waals surface area contributed by atoms with Crippen LogP contribution in [0.15, 0.2) is 12.7 Å². The third-order valence-electron chi connectivity index (χ3n) is 1.74. The maximum Gasteiger partial charge on any atom is 0.0774 e. The molecule has 2 heteroatoms. The summed E-state index contributed by atoms with van der Waals surface area (Å²) in [6, 6.07) is 0. The van der Waals surface area contributed by atoms with E-state index in [1.807, 2.05) is 0 Å². The minimum Gasteiger partial charge on any atom is -0.380 e. The summed E-state index contributed by atoms with van der Waals surface area (Å²) in [5.41, 5.74) is 0. The molecule has 0 fully saturated rings. The third kappa shape index (κ3) is 4.17. The molecule has 0 amide bonds. The Morgan fingerprint density at radius 3 is 2.50 bits per heavy atom. The Morgan fingerprint density at radius 2 is 2.17 bits per heavy atom. The van der Waals surface area contributed by atoms with Gasteiger partial charge in [0.25, 0.3) is 0 Å². The largest absolute Gasteiger partial charge is 0.380 e. The van der Waals surface area contributed by atoms with Crippen LogP contribution in [-0.2, 0) is 9.47 Å². The highest BCUT2D eigenvalue weighted by Gasteiger charge is 2.11. The van der Waals surface area contributed by atoms with E-state index in [4.69, 9.17) is 15.9 Å². The molecule has 0 heterocycles. The molecular weight excluding hydrogens is 152 g/mol. The number of ether oxygens (including phenoxy) is 2. The maximum absolute atomic E-state index is 5.17. The van der Waals surface area contributed by atoms with E-state index in [9.17, 15) is 0 Å². The summed E-state index contributed by atoms with van der Waals surface area (Å²) >= 11 is 0. The van der Waals surface area contributed by atoms with E-state index in [0.29, 0.717) is 6.42 Å². The van der Waals surface area contributed by atoms with Gasteiger partial charge in [-0.1, -0.05) is 6.08 Å². The summed E-state index contributed by atoms with van der Waals surface area (Å²) in [7, 11) is 3.30. The van der Waals surface area contributed by atoms with Gasteiger partial charge >= 0.3 is 0 Å². The summed E-state index contributed by atoms with van der Waals surface area (Å²) in [6.07, 6.45) is 8.40. The maximum atomic E-state index is 5.17. The Labute approximate surface area is 74.6 Å². The van der Waals surface area contributed by atoms with Gasteiger partial charge in [0.1, 0.15) is 0 Å². The molecule has 2 atom stereocenters. The lowest BCUT2D eigenvalue weighted by atomic mass is 10.1. The number of hydrogen-bond donors (Lipinski definition) is 0. The quantitative estimate of drug-likeness (QED) is 0.443. The topological polar surface area (TPSA) is 18.5 Å². The van der Waals surface area contributed by atoms with Crippen LogP contribution in [0.5, 0.6) is 0 Å². The van der Waals surface area contributed by atoms with E-state index >= 15 is 0 Å². The van der Waals surface area contributed by atoms with Crippen LogP contribution < -0.4 is 0 Å². The predicted octanol–water partition coefficient (Wildman–Crippen LogP) is 1.62. The zero-order valence-electron chi connectivity index (χ0n) is 7.75. The lowest BCUT2D eigenvalue weighted by Gasteiger charge is -2.16. The molecule has 2 unspecified atom stereocenters. The van der Waals surface area contributed by atoms with Gasteiger partial charge < -0.3 is 9.47 Å². The fourth-order valence-electron chi connectivity index (χ4n) is 0.942. The molecule has 0 aliphatic carbocycles. The van der Waals surface area contributed by atoms with Crippen molar-refractivity contribution >= 4 is 0 Å². The average Bonchev–Trinajstić information content (AvgIpc) is 2.12. The Bertz CT molecular complexity index is 158. The second-order valence-corrected chi connectivity index (χ2v) is 2.51. The van der Waals surface area contributed by atoms with Crippen LogP contribution in [0.1, 0.15) is 12.8 Å². The Balaban J connectivity index is 3.83. The highest BCUT2D eigenvalue weighted by molar-refractivity contribution is 4.90. The molecular formula is C10H16O2. The molecule has 0 aliphatic rings. The van der Waals surface area contributed by atoms with Crippen molar-refractivity contribution in [3.63, 3.8) is 0 Å². The Hall–Kier alpha value is -0.780. The van der Waals surface area contributed by atoms with Crippen molar-refractivity contribution in [1.82, 2.24) is 0 Å². The van der Waals surface area contributed by atoms with E-state index in [1.165, 1.54) is 0 Å². The molecule has 0 aromatic rings. The van der Waals surface area contributed by atoms with Crippen molar-refractivity contribution in [2.75, 3.05) is 14.2 Å². The van der Waals surface area contributed by atoms with Crippen molar-refractivity contribution in [2.45, 2.75) is 25.0 Å². The molecule has 0 aromatic carbocycles. The zero-order valence-corrected chi connectivity index (χ0v) is 7.75. The van der Waals surface area contributed by atoms with Gasteiger partial charge in [-0.25, -0.2) is 0 Å². The number of methoxy groups -OCH3 is 2. The van der Waals surface area contributed by atoms with Crippen molar-refractivity contribution in [3.05, 3.63) is 12.7 Å². The molecule has 68 valence electrons. The monoisotopic (exact) mass is 168 g/mol. The molecule has 0 saturated carbocycles. The lowest BCUT2D eigenvalue weighted by Crippen LogP contribution is -2.19. The summed E-state index contributed by atoms with van der Waals surface area (Å²) in [5.74, 6) is 2.56. The normalized spacial score (nSPS) is 14.8. The minimum atomic E-state index is 0.0308. The number of terminal acetylenes is 1.